The minimum atomic E-state index is 0.113. The van der Waals surface area contributed by atoms with Gasteiger partial charge in [0, 0.05) is 29.1 Å². The molecule has 0 spiro atoms. The number of ether oxygens (including phenoxy) is 1. The molecule has 0 radical (unpaired) electrons. The van der Waals surface area contributed by atoms with Gasteiger partial charge in [0.05, 0.1) is 13.2 Å². The lowest BCUT2D eigenvalue weighted by molar-refractivity contribution is -0.0702. The van der Waals surface area contributed by atoms with E-state index in [1.165, 1.54) is 0 Å². The molecule has 1 aromatic carbocycles. The van der Waals surface area contributed by atoms with Crippen LogP contribution in [0.3, 0.4) is 0 Å². The molecule has 0 amide bonds. The number of benzene rings is 1. The van der Waals surface area contributed by atoms with Gasteiger partial charge in [-0.3, -0.25) is 9.69 Å². The van der Waals surface area contributed by atoms with Gasteiger partial charge in [-0.05, 0) is 32.0 Å². The number of likely N-dealkylation sites (N-methyl/N-ethyl adjacent to an activating group) is 1. The van der Waals surface area contributed by atoms with Crippen LogP contribution in [-0.2, 0) is 4.74 Å². The molecule has 0 N–H and O–H groups in total. The Morgan fingerprint density at radius 2 is 1.85 bits per heavy atom. The number of Topliss-reactive ketones (excluding diaryl/α,β-unsaturated/α-hetero) is 1. The van der Waals surface area contributed by atoms with E-state index in [0.717, 1.165) is 37.2 Å². The average molecular weight is 269 g/mol. The summed E-state index contributed by atoms with van der Waals surface area (Å²) in [6.45, 7) is 1.49. The Morgan fingerprint density at radius 1 is 1.25 bits per heavy atom. The summed E-state index contributed by atoms with van der Waals surface area (Å²) in [4.78, 5) is 15.0. The number of terminal acetylenes is 1. The second kappa shape index (κ2) is 5.40. The smallest absolute Gasteiger partial charge is 0.166 e. The van der Waals surface area contributed by atoms with Gasteiger partial charge in [-0.1, -0.05) is 18.1 Å². The Bertz CT molecular complexity index is 529. The highest BCUT2D eigenvalue weighted by Crippen LogP contribution is 2.32. The third-order valence-electron chi connectivity index (χ3n) is 4.59. The highest BCUT2D eigenvalue weighted by atomic mass is 16.5. The van der Waals surface area contributed by atoms with Gasteiger partial charge >= 0.3 is 0 Å². The van der Waals surface area contributed by atoms with Gasteiger partial charge in [0.15, 0.2) is 5.78 Å². The highest BCUT2D eigenvalue weighted by molar-refractivity contribution is 5.98. The van der Waals surface area contributed by atoms with Crippen molar-refractivity contribution in [2.45, 2.75) is 24.9 Å². The maximum absolute atomic E-state index is 12.6. The zero-order chi connectivity index (χ0) is 14.1. The van der Waals surface area contributed by atoms with Crippen molar-refractivity contribution >= 4 is 5.78 Å². The molecule has 1 aromatic rings. The van der Waals surface area contributed by atoms with Crippen molar-refractivity contribution in [3.8, 4) is 12.3 Å². The Labute approximate surface area is 119 Å². The quantitative estimate of drug-likeness (QED) is 0.607. The number of fused-ring (bicyclic) bond motifs is 2. The molecule has 2 bridgehead atoms. The molecule has 2 unspecified atom stereocenters. The van der Waals surface area contributed by atoms with Crippen LogP contribution >= 0.6 is 0 Å². The average Bonchev–Trinajstić information content (AvgIpc) is 2.46. The van der Waals surface area contributed by atoms with Gasteiger partial charge in [-0.2, -0.15) is 0 Å². The number of ketones is 1. The van der Waals surface area contributed by atoms with Crippen LogP contribution < -0.4 is 0 Å². The van der Waals surface area contributed by atoms with E-state index < -0.39 is 0 Å². The molecule has 2 aliphatic rings. The predicted molar refractivity (Wildman–Crippen MR) is 77.6 cm³/mol. The van der Waals surface area contributed by atoms with Crippen LogP contribution in [0.5, 0.6) is 0 Å². The molecule has 2 atom stereocenters. The molecule has 20 heavy (non-hydrogen) atoms. The van der Waals surface area contributed by atoms with Crippen LogP contribution in [0.2, 0.25) is 0 Å². The number of morpholine rings is 1. The van der Waals surface area contributed by atoms with Crippen molar-refractivity contribution in [1.82, 2.24) is 4.90 Å². The van der Waals surface area contributed by atoms with E-state index in [2.05, 4.69) is 17.9 Å². The van der Waals surface area contributed by atoms with Crippen molar-refractivity contribution in [2.75, 3.05) is 20.3 Å². The zero-order valence-electron chi connectivity index (χ0n) is 11.7. The van der Waals surface area contributed by atoms with E-state index in [0.29, 0.717) is 12.1 Å². The van der Waals surface area contributed by atoms with E-state index in [9.17, 15) is 4.79 Å². The zero-order valence-corrected chi connectivity index (χ0v) is 11.7. The summed E-state index contributed by atoms with van der Waals surface area (Å²) in [7, 11) is 2.14. The molecule has 104 valence electrons. The lowest BCUT2D eigenvalue weighted by atomic mass is 9.81. The SMILES string of the molecule is C#Cc1ccc(C(=O)C2CC3COCC(C2)N3C)cc1. The summed E-state index contributed by atoms with van der Waals surface area (Å²) in [6.07, 6.45) is 7.12. The Kier molecular flexibility index (Phi) is 3.60. The molecular weight excluding hydrogens is 250 g/mol. The van der Waals surface area contributed by atoms with E-state index >= 15 is 0 Å². The van der Waals surface area contributed by atoms with E-state index in [4.69, 9.17) is 11.2 Å². The topological polar surface area (TPSA) is 29.5 Å². The van der Waals surface area contributed by atoms with Crippen molar-refractivity contribution in [3.05, 3.63) is 35.4 Å². The molecule has 2 heterocycles. The number of hydrogen-bond donors (Lipinski definition) is 0. The number of carbonyl (C=O) groups excluding carboxylic acids is 1. The fourth-order valence-electron chi connectivity index (χ4n) is 3.28. The monoisotopic (exact) mass is 269 g/mol. The highest BCUT2D eigenvalue weighted by Gasteiger charge is 2.39. The van der Waals surface area contributed by atoms with Gasteiger partial charge in [0.1, 0.15) is 0 Å². The second-order valence-corrected chi connectivity index (χ2v) is 5.76. The largest absolute Gasteiger partial charge is 0.378 e. The Morgan fingerprint density at radius 3 is 2.40 bits per heavy atom. The first-order valence-corrected chi connectivity index (χ1v) is 7.09. The van der Waals surface area contributed by atoms with Crippen LogP contribution in [0.15, 0.2) is 24.3 Å². The van der Waals surface area contributed by atoms with E-state index in [1.54, 1.807) is 0 Å². The van der Waals surface area contributed by atoms with Crippen LogP contribution in [0.25, 0.3) is 0 Å². The van der Waals surface area contributed by atoms with Crippen molar-refractivity contribution in [3.63, 3.8) is 0 Å². The lowest BCUT2D eigenvalue weighted by Gasteiger charge is -2.46. The van der Waals surface area contributed by atoms with Crippen LogP contribution in [-0.4, -0.2) is 43.0 Å². The minimum absolute atomic E-state index is 0.113. The minimum Gasteiger partial charge on any atom is -0.378 e. The van der Waals surface area contributed by atoms with Gasteiger partial charge < -0.3 is 4.74 Å². The van der Waals surface area contributed by atoms with Crippen LogP contribution in [0.4, 0.5) is 0 Å². The molecule has 2 saturated heterocycles. The summed E-state index contributed by atoms with van der Waals surface area (Å²) < 4.78 is 5.60. The van der Waals surface area contributed by atoms with Crippen molar-refractivity contribution in [1.29, 1.82) is 0 Å². The summed E-state index contributed by atoms with van der Waals surface area (Å²) in [5.74, 6) is 2.94. The molecule has 2 aliphatic heterocycles. The van der Waals surface area contributed by atoms with Crippen LogP contribution in [0, 0.1) is 18.3 Å². The number of hydrogen-bond acceptors (Lipinski definition) is 3. The standard InChI is InChI=1S/C17H19NO2/c1-3-12-4-6-13(7-5-12)17(19)14-8-15-10-20-11-16(9-14)18(15)2/h1,4-7,14-16H,8-11H2,2H3. The molecule has 2 fully saturated rings. The number of carbonyl (C=O) groups is 1. The summed E-state index contributed by atoms with van der Waals surface area (Å²) in [5, 5.41) is 0. The van der Waals surface area contributed by atoms with E-state index in [-0.39, 0.29) is 11.7 Å². The summed E-state index contributed by atoms with van der Waals surface area (Å²) >= 11 is 0. The predicted octanol–water partition coefficient (Wildman–Crippen LogP) is 1.96. The number of nitrogens with zero attached hydrogens (tertiary/aromatic N) is 1. The normalized spacial score (nSPS) is 29.7. The Balaban J connectivity index is 1.76. The number of piperidine rings is 1. The van der Waals surface area contributed by atoms with Gasteiger partial charge in [-0.15, -0.1) is 6.42 Å². The first-order chi connectivity index (χ1) is 9.69. The maximum atomic E-state index is 12.6. The molecule has 3 rings (SSSR count). The first kappa shape index (κ1) is 13.4. The van der Waals surface area contributed by atoms with Gasteiger partial charge in [0.25, 0.3) is 0 Å². The second-order valence-electron chi connectivity index (χ2n) is 5.76. The fourth-order valence-corrected chi connectivity index (χ4v) is 3.28. The first-order valence-electron chi connectivity index (χ1n) is 7.09. The fraction of sp³-hybridized carbons (Fsp3) is 0.471. The van der Waals surface area contributed by atoms with Gasteiger partial charge in [0.2, 0.25) is 0 Å². The molecule has 0 aromatic heterocycles. The molecule has 0 aliphatic carbocycles. The van der Waals surface area contributed by atoms with Crippen molar-refractivity contribution < 1.29 is 9.53 Å². The maximum Gasteiger partial charge on any atom is 0.166 e. The molecule has 0 saturated carbocycles. The third-order valence-corrected chi connectivity index (χ3v) is 4.59. The summed E-state index contributed by atoms with van der Waals surface area (Å²) in [6, 6.07) is 8.13. The molecule has 3 nitrogen and oxygen atoms in total. The number of rotatable bonds is 2. The van der Waals surface area contributed by atoms with Gasteiger partial charge in [-0.25, -0.2) is 0 Å². The lowest BCUT2D eigenvalue weighted by Crippen LogP contribution is -2.55. The summed E-state index contributed by atoms with van der Waals surface area (Å²) in [5.41, 5.74) is 1.59. The Hall–Kier alpha value is -1.63. The van der Waals surface area contributed by atoms with E-state index in [1.807, 2.05) is 24.3 Å². The van der Waals surface area contributed by atoms with Crippen LogP contribution in [0.1, 0.15) is 28.8 Å². The molecular formula is C17H19NO2. The van der Waals surface area contributed by atoms with Crippen molar-refractivity contribution in [2.24, 2.45) is 5.92 Å². The third kappa shape index (κ3) is 2.37. The molecule has 3 heteroatoms.